The molecule has 3 heteroatoms. The van der Waals surface area contributed by atoms with E-state index in [-0.39, 0.29) is 6.04 Å². The first-order chi connectivity index (χ1) is 10.2. The van der Waals surface area contributed by atoms with Crippen molar-refractivity contribution in [2.24, 2.45) is 0 Å². The molecular formula is C18H27N3. The van der Waals surface area contributed by atoms with Crippen LogP contribution < -0.4 is 5.32 Å². The average molecular weight is 285 g/mol. The second kappa shape index (κ2) is 7.41. The van der Waals surface area contributed by atoms with Crippen LogP contribution in [0.5, 0.6) is 0 Å². The Hall–Kier alpha value is -1.61. The summed E-state index contributed by atoms with van der Waals surface area (Å²) in [7, 11) is 0. The van der Waals surface area contributed by atoms with Crippen LogP contribution in [-0.2, 0) is 13.0 Å². The van der Waals surface area contributed by atoms with Crippen LogP contribution in [0, 0.1) is 13.8 Å². The number of benzene rings is 1. The van der Waals surface area contributed by atoms with Crippen LogP contribution in [0.3, 0.4) is 0 Å². The van der Waals surface area contributed by atoms with Gasteiger partial charge in [0.15, 0.2) is 0 Å². The number of nitrogens with one attached hydrogen (secondary N) is 1. The molecule has 0 aliphatic carbocycles. The van der Waals surface area contributed by atoms with E-state index in [4.69, 9.17) is 0 Å². The number of imidazole rings is 1. The molecule has 1 N–H and O–H groups in total. The predicted molar refractivity (Wildman–Crippen MR) is 88.6 cm³/mol. The second-order valence-corrected chi connectivity index (χ2v) is 5.70. The minimum absolute atomic E-state index is 0.280. The normalized spacial score (nSPS) is 12.6. The number of aromatic nitrogens is 2. The van der Waals surface area contributed by atoms with E-state index in [9.17, 15) is 0 Å². The molecule has 1 aromatic heterocycles. The summed E-state index contributed by atoms with van der Waals surface area (Å²) in [5.74, 6) is 1.14. The maximum Gasteiger partial charge on any atom is 0.126 e. The first-order valence-electron chi connectivity index (χ1n) is 7.96. The van der Waals surface area contributed by atoms with E-state index in [1.165, 1.54) is 16.7 Å². The lowest BCUT2D eigenvalue weighted by atomic mass is 10.0. The molecular weight excluding hydrogens is 258 g/mol. The minimum atomic E-state index is 0.280. The van der Waals surface area contributed by atoms with Crippen molar-refractivity contribution in [2.45, 2.75) is 53.1 Å². The van der Waals surface area contributed by atoms with Gasteiger partial charge in [-0.3, -0.25) is 0 Å². The Labute approximate surface area is 128 Å². The zero-order chi connectivity index (χ0) is 15.2. The zero-order valence-corrected chi connectivity index (χ0v) is 13.7. The highest BCUT2D eigenvalue weighted by atomic mass is 15.1. The summed E-state index contributed by atoms with van der Waals surface area (Å²) < 4.78 is 2.23. The highest BCUT2D eigenvalue weighted by molar-refractivity contribution is 5.30. The van der Waals surface area contributed by atoms with Gasteiger partial charge in [0.2, 0.25) is 0 Å². The molecule has 0 spiro atoms. The predicted octanol–water partition coefficient (Wildman–Crippen LogP) is 3.80. The summed E-state index contributed by atoms with van der Waals surface area (Å²) in [6.45, 7) is 10.7. The van der Waals surface area contributed by atoms with Crippen molar-refractivity contribution in [3.63, 3.8) is 0 Å². The molecule has 1 unspecified atom stereocenters. The Bertz CT molecular complexity index is 572. The van der Waals surface area contributed by atoms with Gasteiger partial charge in [-0.15, -0.1) is 0 Å². The molecule has 21 heavy (non-hydrogen) atoms. The molecule has 1 heterocycles. The summed E-state index contributed by atoms with van der Waals surface area (Å²) in [4.78, 5) is 4.58. The number of hydrogen-bond donors (Lipinski definition) is 1. The van der Waals surface area contributed by atoms with Crippen LogP contribution in [0.4, 0.5) is 0 Å². The maximum absolute atomic E-state index is 4.58. The van der Waals surface area contributed by atoms with Crippen molar-refractivity contribution >= 4 is 0 Å². The summed E-state index contributed by atoms with van der Waals surface area (Å²) >= 11 is 0. The van der Waals surface area contributed by atoms with E-state index in [0.29, 0.717) is 0 Å². The molecule has 114 valence electrons. The van der Waals surface area contributed by atoms with Gasteiger partial charge in [0.1, 0.15) is 5.82 Å². The standard InChI is InChI=1S/C18H27N3/c1-5-9-19-17(18-20-10-11-21(18)6-2)13-16-8-7-14(3)15(4)12-16/h7-8,10-12,17,19H,5-6,9,13H2,1-4H3. The van der Waals surface area contributed by atoms with Gasteiger partial charge in [0, 0.05) is 18.9 Å². The third-order valence-electron chi connectivity index (χ3n) is 4.05. The zero-order valence-electron chi connectivity index (χ0n) is 13.7. The molecule has 0 bridgehead atoms. The van der Waals surface area contributed by atoms with Crippen molar-refractivity contribution in [3.8, 4) is 0 Å². The quantitative estimate of drug-likeness (QED) is 0.838. The second-order valence-electron chi connectivity index (χ2n) is 5.70. The van der Waals surface area contributed by atoms with Crippen molar-refractivity contribution in [3.05, 3.63) is 53.1 Å². The number of rotatable bonds is 7. The largest absolute Gasteiger partial charge is 0.334 e. The molecule has 3 nitrogen and oxygen atoms in total. The van der Waals surface area contributed by atoms with Gasteiger partial charge >= 0.3 is 0 Å². The molecule has 0 amide bonds. The molecule has 2 aromatic rings. The lowest BCUT2D eigenvalue weighted by Gasteiger charge is -2.20. The van der Waals surface area contributed by atoms with Gasteiger partial charge in [-0.1, -0.05) is 25.1 Å². The topological polar surface area (TPSA) is 29.9 Å². The van der Waals surface area contributed by atoms with Crippen molar-refractivity contribution < 1.29 is 0 Å². The van der Waals surface area contributed by atoms with E-state index < -0.39 is 0 Å². The third-order valence-corrected chi connectivity index (χ3v) is 4.05. The van der Waals surface area contributed by atoms with Crippen LogP contribution in [0.15, 0.2) is 30.6 Å². The average Bonchev–Trinajstić information content (AvgIpc) is 2.95. The molecule has 0 radical (unpaired) electrons. The molecule has 0 aliphatic heterocycles. The van der Waals surface area contributed by atoms with E-state index in [0.717, 1.165) is 31.8 Å². The Morgan fingerprint density at radius 3 is 2.67 bits per heavy atom. The summed E-state index contributed by atoms with van der Waals surface area (Å²) in [5, 5.41) is 3.65. The van der Waals surface area contributed by atoms with Crippen molar-refractivity contribution in [1.29, 1.82) is 0 Å². The first kappa shape index (κ1) is 15.8. The molecule has 0 aliphatic rings. The Kier molecular flexibility index (Phi) is 5.57. The Morgan fingerprint density at radius 1 is 1.19 bits per heavy atom. The monoisotopic (exact) mass is 285 g/mol. The molecule has 2 rings (SSSR count). The van der Waals surface area contributed by atoms with Gasteiger partial charge < -0.3 is 9.88 Å². The summed E-state index contributed by atoms with van der Waals surface area (Å²) in [6, 6.07) is 7.03. The highest BCUT2D eigenvalue weighted by Gasteiger charge is 2.16. The van der Waals surface area contributed by atoms with Crippen LogP contribution >= 0.6 is 0 Å². The smallest absolute Gasteiger partial charge is 0.126 e. The van der Waals surface area contributed by atoms with Gasteiger partial charge in [-0.25, -0.2) is 4.98 Å². The van der Waals surface area contributed by atoms with E-state index in [1.54, 1.807) is 0 Å². The van der Waals surface area contributed by atoms with Crippen LogP contribution in [0.2, 0.25) is 0 Å². The molecule has 0 saturated heterocycles. The fourth-order valence-corrected chi connectivity index (χ4v) is 2.64. The minimum Gasteiger partial charge on any atom is -0.334 e. The highest BCUT2D eigenvalue weighted by Crippen LogP contribution is 2.19. The maximum atomic E-state index is 4.58. The third kappa shape index (κ3) is 3.94. The number of aryl methyl sites for hydroxylation is 3. The molecule has 0 fully saturated rings. The fourth-order valence-electron chi connectivity index (χ4n) is 2.64. The van der Waals surface area contributed by atoms with Gasteiger partial charge in [0.25, 0.3) is 0 Å². The number of nitrogens with zero attached hydrogens (tertiary/aromatic N) is 2. The summed E-state index contributed by atoms with van der Waals surface area (Å²) in [5.41, 5.74) is 4.09. The lowest BCUT2D eigenvalue weighted by molar-refractivity contribution is 0.482. The Balaban J connectivity index is 2.21. The molecule has 1 aromatic carbocycles. The first-order valence-corrected chi connectivity index (χ1v) is 7.96. The summed E-state index contributed by atoms with van der Waals surface area (Å²) in [6.07, 6.45) is 6.09. The van der Waals surface area contributed by atoms with Crippen LogP contribution in [0.25, 0.3) is 0 Å². The van der Waals surface area contributed by atoms with Gasteiger partial charge in [-0.05, 0) is 56.8 Å². The number of hydrogen-bond acceptors (Lipinski definition) is 2. The van der Waals surface area contributed by atoms with E-state index >= 15 is 0 Å². The van der Waals surface area contributed by atoms with Crippen LogP contribution in [0.1, 0.15) is 48.8 Å². The van der Waals surface area contributed by atoms with Gasteiger partial charge in [0.05, 0.1) is 6.04 Å². The van der Waals surface area contributed by atoms with Crippen molar-refractivity contribution in [1.82, 2.24) is 14.9 Å². The van der Waals surface area contributed by atoms with E-state index in [2.05, 4.69) is 67.0 Å². The van der Waals surface area contributed by atoms with Crippen molar-refractivity contribution in [2.75, 3.05) is 6.54 Å². The molecule has 1 atom stereocenters. The fraction of sp³-hybridized carbons (Fsp3) is 0.500. The Morgan fingerprint density at radius 2 is 2.00 bits per heavy atom. The molecule has 0 saturated carbocycles. The SMILES string of the molecule is CCCNC(Cc1ccc(C)c(C)c1)c1nccn1CC. The lowest BCUT2D eigenvalue weighted by Crippen LogP contribution is -2.27. The van der Waals surface area contributed by atoms with Gasteiger partial charge in [-0.2, -0.15) is 0 Å². The van der Waals surface area contributed by atoms with Crippen LogP contribution in [-0.4, -0.2) is 16.1 Å². The van der Waals surface area contributed by atoms with E-state index in [1.807, 2.05) is 6.20 Å².